The second-order valence-electron chi connectivity index (χ2n) is 4.78. The first kappa shape index (κ1) is 12.9. The van der Waals surface area contributed by atoms with Crippen molar-refractivity contribution < 1.29 is 9.53 Å². The van der Waals surface area contributed by atoms with Crippen molar-refractivity contribution in [3.05, 3.63) is 23.9 Å². The number of aromatic nitrogens is 1. The lowest BCUT2D eigenvalue weighted by Crippen LogP contribution is -2.27. The van der Waals surface area contributed by atoms with E-state index in [1.165, 1.54) is 20.0 Å². The zero-order valence-electron chi connectivity index (χ0n) is 11.1. The number of ether oxygens (including phenoxy) is 1. The van der Waals surface area contributed by atoms with Gasteiger partial charge in [-0.3, -0.25) is 0 Å². The van der Waals surface area contributed by atoms with Gasteiger partial charge in [0.15, 0.2) is 0 Å². The van der Waals surface area contributed by atoms with Crippen LogP contribution in [0, 0.1) is 5.92 Å². The van der Waals surface area contributed by atoms with E-state index in [4.69, 9.17) is 4.74 Å². The molecule has 0 unspecified atom stereocenters. The van der Waals surface area contributed by atoms with Crippen molar-refractivity contribution in [2.24, 2.45) is 5.92 Å². The smallest absolute Gasteiger partial charge is 0.338 e. The van der Waals surface area contributed by atoms with Crippen LogP contribution in [0.3, 0.4) is 0 Å². The summed E-state index contributed by atoms with van der Waals surface area (Å²) in [5.41, 5.74) is 0.569. The Labute approximate surface area is 108 Å². The maximum atomic E-state index is 11.5. The Morgan fingerprint density at radius 1 is 1.56 bits per heavy atom. The van der Waals surface area contributed by atoms with Gasteiger partial charge < -0.3 is 9.64 Å². The first-order chi connectivity index (χ1) is 8.74. The standard InChI is InChI=1S/C14H20N2O2/c1-3-8-16(10-11-4-5-11)13-9-12(6-7-15-13)14(17)18-2/h6-7,9,11H,3-5,8,10H2,1-2H3. The molecule has 4 nitrogen and oxygen atoms in total. The fraction of sp³-hybridized carbons (Fsp3) is 0.571. The molecule has 0 atom stereocenters. The normalized spacial score (nSPS) is 14.3. The first-order valence-electron chi connectivity index (χ1n) is 6.54. The van der Waals surface area contributed by atoms with Crippen LogP contribution < -0.4 is 4.90 Å². The Kier molecular flexibility index (Phi) is 4.18. The molecule has 18 heavy (non-hydrogen) atoms. The van der Waals surface area contributed by atoms with E-state index in [1.807, 2.05) is 6.07 Å². The molecule has 1 heterocycles. The molecule has 4 heteroatoms. The Morgan fingerprint density at radius 2 is 2.33 bits per heavy atom. The van der Waals surface area contributed by atoms with Crippen LogP contribution in [-0.4, -0.2) is 31.2 Å². The number of esters is 1. The highest BCUT2D eigenvalue weighted by Crippen LogP contribution is 2.31. The summed E-state index contributed by atoms with van der Waals surface area (Å²) in [6.45, 7) is 4.18. The highest BCUT2D eigenvalue weighted by Gasteiger charge is 2.24. The molecule has 0 spiro atoms. The van der Waals surface area contributed by atoms with Crippen molar-refractivity contribution >= 4 is 11.8 Å². The van der Waals surface area contributed by atoms with Gasteiger partial charge in [0.1, 0.15) is 5.82 Å². The monoisotopic (exact) mass is 248 g/mol. The fourth-order valence-electron chi connectivity index (χ4n) is 2.02. The predicted octanol–water partition coefficient (Wildman–Crippen LogP) is 2.49. The molecule has 98 valence electrons. The molecular formula is C14H20N2O2. The quantitative estimate of drug-likeness (QED) is 0.725. The lowest BCUT2D eigenvalue weighted by atomic mass is 10.2. The van der Waals surface area contributed by atoms with Gasteiger partial charge in [-0.15, -0.1) is 0 Å². The van der Waals surface area contributed by atoms with E-state index < -0.39 is 0 Å². The Morgan fingerprint density at radius 3 is 2.94 bits per heavy atom. The second kappa shape index (κ2) is 5.85. The van der Waals surface area contributed by atoms with Gasteiger partial charge in [0.25, 0.3) is 0 Å². The number of nitrogens with zero attached hydrogens (tertiary/aromatic N) is 2. The molecule has 1 fully saturated rings. The molecule has 0 radical (unpaired) electrons. The van der Waals surface area contributed by atoms with E-state index in [0.29, 0.717) is 5.56 Å². The van der Waals surface area contributed by atoms with Crippen LogP contribution in [-0.2, 0) is 4.74 Å². The van der Waals surface area contributed by atoms with E-state index in [-0.39, 0.29) is 5.97 Å². The number of methoxy groups -OCH3 is 1. The van der Waals surface area contributed by atoms with Gasteiger partial charge in [0, 0.05) is 19.3 Å². The van der Waals surface area contributed by atoms with Crippen LogP contribution >= 0.6 is 0 Å². The number of carbonyl (C=O) groups is 1. The molecule has 0 saturated heterocycles. The highest BCUT2D eigenvalue weighted by molar-refractivity contribution is 5.90. The molecule has 0 bridgehead atoms. The third-order valence-electron chi connectivity index (χ3n) is 3.16. The summed E-state index contributed by atoms with van der Waals surface area (Å²) in [7, 11) is 1.40. The summed E-state index contributed by atoms with van der Waals surface area (Å²) < 4.78 is 4.74. The van der Waals surface area contributed by atoms with Crippen LogP contribution in [0.1, 0.15) is 36.5 Å². The molecule has 0 aromatic carbocycles. The topological polar surface area (TPSA) is 42.4 Å². The molecular weight excluding hydrogens is 228 g/mol. The van der Waals surface area contributed by atoms with Crippen LogP contribution in [0.25, 0.3) is 0 Å². The Balaban J connectivity index is 2.14. The van der Waals surface area contributed by atoms with Crippen molar-refractivity contribution in [3.8, 4) is 0 Å². The van der Waals surface area contributed by atoms with Gasteiger partial charge in [-0.1, -0.05) is 6.92 Å². The Bertz CT molecular complexity index is 416. The number of hydrogen-bond donors (Lipinski definition) is 0. The highest BCUT2D eigenvalue weighted by atomic mass is 16.5. The number of carbonyl (C=O) groups excluding carboxylic acids is 1. The minimum atomic E-state index is -0.304. The van der Waals surface area contributed by atoms with Gasteiger partial charge in [-0.05, 0) is 37.3 Å². The minimum Gasteiger partial charge on any atom is -0.465 e. The number of anilines is 1. The maximum Gasteiger partial charge on any atom is 0.338 e. The number of pyridine rings is 1. The SMILES string of the molecule is CCCN(CC1CC1)c1cc(C(=O)OC)ccn1. The van der Waals surface area contributed by atoms with Crippen molar-refractivity contribution in [1.82, 2.24) is 4.98 Å². The predicted molar refractivity (Wildman–Crippen MR) is 70.8 cm³/mol. The van der Waals surface area contributed by atoms with Gasteiger partial charge in [0.05, 0.1) is 12.7 Å². The lowest BCUT2D eigenvalue weighted by Gasteiger charge is -2.23. The molecule has 1 aliphatic rings. The zero-order chi connectivity index (χ0) is 13.0. The maximum absolute atomic E-state index is 11.5. The largest absolute Gasteiger partial charge is 0.465 e. The molecule has 0 aliphatic heterocycles. The van der Waals surface area contributed by atoms with E-state index in [1.54, 1.807) is 12.3 Å². The lowest BCUT2D eigenvalue weighted by molar-refractivity contribution is 0.0600. The van der Waals surface area contributed by atoms with Crippen molar-refractivity contribution in [2.75, 3.05) is 25.1 Å². The number of rotatable bonds is 6. The summed E-state index contributed by atoms with van der Waals surface area (Å²) in [6.07, 6.45) is 5.39. The summed E-state index contributed by atoms with van der Waals surface area (Å²) >= 11 is 0. The van der Waals surface area contributed by atoms with E-state index in [2.05, 4.69) is 16.8 Å². The molecule has 0 N–H and O–H groups in total. The van der Waals surface area contributed by atoms with Crippen LogP contribution in [0.5, 0.6) is 0 Å². The van der Waals surface area contributed by atoms with E-state index >= 15 is 0 Å². The van der Waals surface area contributed by atoms with Crippen LogP contribution in [0.4, 0.5) is 5.82 Å². The summed E-state index contributed by atoms with van der Waals surface area (Å²) in [5.74, 6) is 1.38. The average Bonchev–Trinajstić information content (AvgIpc) is 3.21. The minimum absolute atomic E-state index is 0.304. The van der Waals surface area contributed by atoms with Gasteiger partial charge in [-0.2, -0.15) is 0 Å². The summed E-state index contributed by atoms with van der Waals surface area (Å²) in [6, 6.07) is 3.51. The summed E-state index contributed by atoms with van der Waals surface area (Å²) in [5, 5.41) is 0. The van der Waals surface area contributed by atoms with Crippen molar-refractivity contribution in [1.29, 1.82) is 0 Å². The van der Waals surface area contributed by atoms with Gasteiger partial charge in [-0.25, -0.2) is 9.78 Å². The molecule has 2 rings (SSSR count). The van der Waals surface area contributed by atoms with Crippen LogP contribution in [0.2, 0.25) is 0 Å². The molecule has 1 aromatic heterocycles. The van der Waals surface area contributed by atoms with E-state index in [9.17, 15) is 4.79 Å². The summed E-state index contributed by atoms with van der Waals surface area (Å²) in [4.78, 5) is 18.2. The van der Waals surface area contributed by atoms with E-state index in [0.717, 1.165) is 31.2 Å². The Hall–Kier alpha value is -1.58. The first-order valence-corrected chi connectivity index (χ1v) is 6.54. The zero-order valence-corrected chi connectivity index (χ0v) is 11.1. The molecule has 1 aliphatic carbocycles. The van der Waals surface area contributed by atoms with Crippen LogP contribution in [0.15, 0.2) is 18.3 Å². The molecule has 1 saturated carbocycles. The van der Waals surface area contributed by atoms with Crippen molar-refractivity contribution in [3.63, 3.8) is 0 Å². The number of hydrogen-bond acceptors (Lipinski definition) is 4. The van der Waals surface area contributed by atoms with Gasteiger partial charge in [0.2, 0.25) is 0 Å². The molecule has 0 amide bonds. The third-order valence-corrected chi connectivity index (χ3v) is 3.16. The fourth-order valence-corrected chi connectivity index (χ4v) is 2.02. The van der Waals surface area contributed by atoms with Crippen molar-refractivity contribution in [2.45, 2.75) is 26.2 Å². The second-order valence-corrected chi connectivity index (χ2v) is 4.78. The van der Waals surface area contributed by atoms with Gasteiger partial charge >= 0.3 is 5.97 Å². The third kappa shape index (κ3) is 3.22. The molecule has 1 aromatic rings. The average molecular weight is 248 g/mol.